The quantitative estimate of drug-likeness (QED) is 0.925. The zero-order chi connectivity index (χ0) is 13.8. The molecule has 4 nitrogen and oxygen atoms in total. The molecule has 0 saturated carbocycles. The summed E-state index contributed by atoms with van der Waals surface area (Å²) in [7, 11) is 0. The molecule has 3 rings (SSSR count). The molecule has 0 unspecified atom stereocenters. The Labute approximate surface area is 119 Å². The van der Waals surface area contributed by atoms with Crippen LogP contribution in [0.15, 0.2) is 42.6 Å². The largest absolute Gasteiger partial charge is 0.491 e. The van der Waals surface area contributed by atoms with Crippen molar-refractivity contribution in [2.75, 3.05) is 24.6 Å². The number of ether oxygens (including phenoxy) is 1. The van der Waals surface area contributed by atoms with Crippen molar-refractivity contribution in [3.63, 3.8) is 0 Å². The molecule has 0 aliphatic carbocycles. The Morgan fingerprint density at radius 1 is 1.20 bits per heavy atom. The Morgan fingerprint density at radius 3 is 3.00 bits per heavy atom. The molecule has 1 aliphatic heterocycles. The monoisotopic (exact) mass is 269 g/mol. The first-order valence-corrected chi connectivity index (χ1v) is 6.98. The van der Waals surface area contributed by atoms with Crippen LogP contribution in [0.1, 0.15) is 11.1 Å². The van der Waals surface area contributed by atoms with Gasteiger partial charge in [-0.15, -0.1) is 0 Å². The van der Waals surface area contributed by atoms with Gasteiger partial charge in [-0.3, -0.25) is 0 Å². The third kappa shape index (κ3) is 2.60. The van der Waals surface area contributed by atoms with Gasteiger partial charge in [0.1, 0.15) is 18.2 Å². The number of hydrogen-bond donors (Lipinski definition) is 1. The van der Waals surface area contributed by atoms with Gasteiger partial charge in [-0.05, 0) is 30.7 Å². The molecule has 2 aromatic rings. The highest BCUT2D eigenvalue weighted by Gasteiger charge is 2.18. The van der Waals surface area contributed by atoms with Crippen molar-refractivity contribution >= 4 is 5.82 Å². The van der Waals surface area contributed by atoms with E-state index in [1.807, 2.05) is 30.5 Å². The van der Waals surface area contributed by atoms with E-state index in [1.165, 1.54) is 11.1 Å². The van der Waals surface area contributed by atoms with Gasteiger partial charge in [-0.25, -0.2) is 4.98 Å². The number of hydrogen-bond acceptors (Lipinski definition) is 4. The Hall–Kier alpha value is -2.07. The molecular formula is C16H19N3O. The second-order valence-corrected chi connectivity index (χ2v) is 4.90. The van der Waals surface area contributed by atoms with Gasteiger partial charge in [0.2, 0.25) is 0 Å². The maximum Gasteiger partial charge on any atom is 0.132 e. The summed E-state index contributed by atoms with van der Waals surface area (Å²) in [5, 5.41) is 0. The third-order valence-corrected chi connectivity index (χ3v) is 3.53. The van der Waals surface area contributed by atoms with E-state index in [9.17, 15) is 0 Å². The fourth-order valence-electron chi connectivity index (χ4n) is 2.57. The van der Waals surface area contributed by atoms with Gasteiger partial charge in [-0.2, -0.15) is 0 Å². The van der Waals surface area contributed by atoms with Crippen LogP contribution in [0, 0.1) is 0 Å². The van der Waals surface area contributed by atoms with Crippen LogP contribution in [0.5, 0.6) is 5.75 Å². The molecule has 1 aromatic heterocycles. The van der Waals surface area contributed by atoms with Gasteiger partial charge in [-0.1, -0.05) is 24.3 Å². The maximum atomic E-state index is 5.81. The first kappa shape index (κ1) is 12.9. The summed E-state index contributed by atoms with van der Waals surface area (Å²) >= 11 is 0. The average Bonchev–Trinajstić information content (AvgIpc) is 2.70. The van der Waals surface area contributed by atoms with E-state index in [-0.39, 0.29) is 0 Å². The number of fused-ring (bicyclic) bond motifs is 1. The fourth-order valence-corrected chi connectivity index (χ4v) is 2.57. The lowest BCUT2D eigenvalue weighted by Crippen LogP contribution is -2.27. The third-order valence-electron chi connectivity index (χ3n) is 3.53. The van der Waals surface area contributed by atoms with Crippen LogP contribution in [-0.4, -0.2) is 24.7 Å². The normalized spacial score (nSPS) is 14.3. The molecular weight excluding hydrogens is 250 g/mol. The minimum atomic E-state index is 0.639. The van der Waals surface area contributed by atoms with Crippen molar-refractivity contribution in [3.05, 3.63) is 53.7 Å². The molecule has 0 spiro atoms. The number of rotatable bonds is 3. The maximum absolute atomic E-state index is 5.81. The van der Waals surface area contributed by atoms with Crippen LogP contribution in [-0.2, 0) is 13.0 Å². The van der Waals surface area contributed by atoms with E-state index in [4.69, 9.17) is 10.5 Å². The zero-order valence-electron chi connectivity index (χ0n) is 11.5. The predicted octanol–water partition coefficient (Wildman–Crippen LogP) is 1.98. The minimum absolute atomic E-state index is 0.639. The lowest BCUT2D eigenvalue weighted by molar-refractivity contribution is 0.331. The van der Waals surface area contributed by atoms with Gasteiger partial charge in [0.25, 0.3) is 0 Å². The second-order valence-electron chi connectivity index (χ2n) is 4.90. The number of nitrogens with zero attached hydrogens (tertiary/aromatic N) is 2. The van der Waals surface area contributed by atoms with Gasteiger partial charge < -0.3 is 15.4 Å². The van der Waals surface area contributed by atoms with Crippen molar-refractivity contribution in [2.45, 2.75) is 13.0 Å². The highest BCUT2D eigenvalue weighted by Crippen LogP contribution is 2.26. The number of aromatic nitrogens is 1. The van der Waals surface area contributed by atoms with Crippen LogP contribution in [0.4, 0.5) is 5.82 Å². The van der Waals surface area contributed by atoms with E-state index in [2.05, 4.69) is 22.0 Å². The Morgan fingerprint density at radius 2 is 2.10 bits per heavy atom. The van der Waals surface area contributed by atoms with E-state index < -0.39 is 0 Å². The van der Waals surface area contributed by atoms with E-state index in [1.54, 1.807) is 0 Å². The topological polar surface area (TPSA) is 51.4 Å². The van der Waals surface area contributed by atoms with Crippen molar-refractivity contribution < 1.29 is 4.74 Å². The molecule has 104 valence electrons. The molecule has 1 aliphatic rings. The van der Waals surface area contributed by atoms with Crippen LogP contribution in [0.3, 0.4) is 0 Å². The highest BCUT2D eigenvalue weighted by molar-refractivity contribution is 5.49. The molecule has 0 saturated heterocycles. The minimum Gasteiger partial charge on any atom is -0.491 e. The summed E-state index contributed by atoms with van der Waals surface area (Å²) in [5.41, 5.74) is 8.10. The summed E-state index contributed by atoms with van der Waals surface area (Å²) < 4.78 is 5.81. The van der Waals surface area contributed by atoms with Crippen LogP contribution >= 0.6 is 0 Å². The standard InChI is InChI=1S/C16H19N3O/c17-8-7-13-5-3-9-18-16(13)19-10-11-20-15-6-2-1-4-14(15)12-19/h1-6,9H,7-8,10-12,17H2. The second kappa shape index (κ2) is 5.92. The molecule has 20 heavy (non-hydrogen) atoms. The van der Waals surface area contributed by atoms with Gasteiger partial charge >= 0.3 is 0 Å². The molecule has 0 amide bonds. The first-order valence-electron chi connectivity index (χ1n) is 6.98. The Kier molecular flexibility index (Phi) is 3.83. The van der Waals surface area contributed by atoms with Crippen molar-refractivity contribution in [1.29, 1.82) is 0 Å². The molecule has 0 bridgehead atoms. The summed E-state index contributed by atoms with van der Waals surface area (Å²) in [5.74, 6) is 2.00. The van der Waals surface area contributed by atoms with Gasteiger partial charge in [0, 0.05) is 18.3 Å². The highest BCUT2D eigenvalue weighted by atomic mass is 16.5. The summed E-state index contributed by atoms with van der Waals surface area (Å²) in [6, 6.07) is 12.3. The molecule has 0 atom stereocenters. The first-order chi connectivity index (χ1) is 9.88. The van der Waals surface area contributed by atoms with Crippen molar-refractivity contribution in [3.8, 4) is 5.75 Å². The number of para-hydroxylation sites is 1. The van der Waals surface area contributed by atoms with Gasteiger partial charge in [0.15, 0.2) is 0 Å². The number of anilines is 1. The van der Waals surface area contributed by atoms with E-state index in [0.29, 0.717) is 13.2 Å². The zero-order valence-corrected chi connectivity index (χ0v) is 11.5. The molecule has 2 heterocycles. The molecule has 0 fully saturated rings. The van der Waals surface area contributed by atoms with Crippen LogP contribution in [0.2, 0.25) is 0 Å². The Balaban J connectivity index is 1.91. The van der Waals surface area contributed by atoms with Gasteiger partial charge in [0.05, 0.1) is 6.54 Å². The molecule has 2 N–H and O–H groups in total. The molecule has 0 radical (unpaired) electrons. The van der Waals surface area contributed by atoms with Crippen molar-refractivity contribution in [2.24, 2.45) is 5.73 Å². The Bertz CT molecular complexity index is 585. The number of pyridine rings is 1. The van der Waals surface area contributed by atoms with Crippen molar-refractivity contribution in [1.82, 2.24) is 4.98 Å². The summed E-state index contributed by atoms with van der Waals surface area (Å²) in [4.78, 5) is 6.83. The number of benzene rings is 1. The molecule has 1 aromatic carbocycles. The average molecular weight is 269 g/mol. The lowest BCUT2D eigenvalue weighted by atomic mass is 10.1. The number of nitrogens with two attached hydrogens (primary N) is 1. The fraction of sp³-hybridized carbons (Fsp3) is 0.312. The SMILES string of the molecule is NCCc1cccnc1N1CCOc2ccccc2C1. The predicted molar refractivity (Wildman–Crippen MR) is 80.0 cm³/mol. The molecule has 4 heteroatoms. The summed E-state index contributed by atoms with van der Waals surface area (Å²) in [6.45, 7) is 2.98. The smallest absolute Gasteiger partial charge is 0.132 e. The lowest BCUT2D eigenvalue weighted by Gasteiger charge is -2.23. The van der Waals surface area contributed by atoms with E-state index >= 15 is 0 Å². The summed E-state index contributed by atoms with van der Waals surface area (Å²) in [6.07, 6.45) is 2.69. The van der Waals surface area contributed by atoms with Crippen LogP contribution in [0.25, 0.3) is 0 Å². The van der Waals surface area contributed by atoms with E-state index in [0.717, 1.165) is 31.1 Å². The van der Waals surface area contributed by atoms with Crippen LogP contribution < -0.4 is 15.4 Å².